The molecule has 0 fully saturated rings. The molecule has 0 spiro atoms. The Kier molecular flexibility index (Phi) is 6.70. The first-order valence-electron chi connectivity index (χ1n) is 8.71. The maximum absolute atomic E-state index is 12.4. The SMILES string of the molecule is CCOc1ccc(OC(C)C(=O)Nc2ccc(C(C)(C)C)cc2Br)cc1. The van der Waals surface area contributed by atoms with Gasteiger partial charge in [0, 0.05) is 4.47 Å². The Bertz CT molecular complexity index is 751. The van der Waals surface area contributed by atoms with Gasteiger partial charge in [0.05, 0.1) is 12.3 Å². The molecule has 0 aliphatic rings. The molecule has 2 rings (SSSR count). The Balaban J connectivity index is 2.00. The van der Waals surface area contributed by atoms with Gasteiger partial charge in [0.2, 0.25) is 0 Å². The molecule has 2 aromatic carbocycles. The summed E-state index contributed by atoms with van der Waals surface area (Å²) in [6.07, 6.45) is -0.623. The van der Waals surface area contributed by atoms with Crippen LogP contribution in [0.25, 0.3) is 0 Å². The smallest absolute Gasteiger partial charge is 0.265 e. The molecule has 4 nitrogen and oxygen atoms in total. The highest BCUT2D eigenvalue weighted by Gasteiger charge is 2.18. The largest absolute Gasteiger partial charge is 0.494 e. The van der Waals surface area contributed by atoms with E-state index in [0.717, 1.165) is 15.9 Å². The number of hydrogen-bond donors (Lipinski definition) is 1. The highest BCUT2D eigenvalue weighted by Crippen LogP contribution is 2.30. The molecule has 1 N–H and O–H groups in total. The second-order valence-electron chi connectivity index (χ2n) is 7.10. The van der Waals surface area contributed by atoms with Gasteiger partial charge < -0.3 is 14.8 Å². The first-order valence-corrected chi connectivity index (χ1v) is 9.50. The minimum Gasteiger partial charge on any atom is -0.494 e. The van der Waals surface area contributed by atoms with Crippen molar-refractivity contribution in [3.05, 3.63) is 52.5 Å². The summed E-state index contributed by atoms with van der Waals surface area (Å²) in [4.78, 5) is 12.4. The monoisotopic (exact) mass is 419 g/mol. The molecule has 0 saturated heterocycles. The average Bonchev–Trinajstić information content (AvgIpc) is 2.57. The average molecular weight is 420 g/mol. The number of ether oxygens (including phenoxy) is 2. The van der Waals surface area contributed by atoms with Crippen LogP contribution in [0, 0.1) is 0 Å². The van der Waals surface area contributed by atoms with E-state index < -0.39 is 6.10 Å². The number of anilines is 1. The highest BCUT2D eigenvalue weighted by molar-refractivity contribution is 9.10. The van der Waals surface area contributed by atoms with Crippen molar-refractivity contribution in [3.8, 4) is 11.5 Å². The number of amides is 1. The lowest BCUT2D eigenvalue weighted by atomic mass is 9.87. The van der Waals surface area contributed by atoms with Crippen LogP contribution in [0.15, 0.2) is 46.9 Å². The summed E-state index contributed by atoms with van der Waals surface area (Å²) in [5, 5.41) is 2.91. The first-order chi connectivity index (χ1) is 12.2. The third-order valence-electron chi connectivity index (χ3n) is 3.91. The maximum Gasteiger partial charge on any atom is 0.265 e. The summed E-state index contributed by atoms with van der Waals surface area (Å²) in [5.74, 6) is 1.20. The van der Waals surface area contributed by atoms with Gasteiger partial charge in [-0.1, -0.05) is 26.8 Å². The van der Waals surface area contributed by atoms with E-state index >= 15 is 0 Å². The van der Waals surface area contributed by atoms with Crippen molar-refractivity contribution in [3.63, 3.8) is 0 Å². The number of benzene rings is 2. The first kappa shape index (κ1) is 20.3. The van der Waals surface area contributed by atoms with E-state index in [9.17, 15) is 4.79 Å². The zero-order chi connectivity index (χ0) is 19.3. The van der Waals surface area contributed by atoms with Gasteiger partial charge in [-0.2, -0.15) is 0 Å². The summed E-state index contributed by atoms with van der Waals surface area (Å²) in [5.41, 5.74) is 1.97. The molecule has 1 atom stereocenters. The molecule has 1 amide bonds. The Morgan fingerprint density at radius 3 is 2.27 bits per heavy atom. The molecule has 0 saturated carbocycles. The topological polar surface area (TPSA) is 47.6 Å². The van der Waals surface area contributed by atoms with Crippen molar-refractivity contribution < 1.29 is 14.3 Å². The molecule has 0 aromatic heterocycles. The van der Waals surface area contributed by atoms with Gasteiger partial charge in [-0.25, -0.2) is 0 Å². The molecule has 26 heavy (non-hydrogen) atoms. The quantitative estimate of drug-likeness (QED) is 0.667. The summed E-state index contributed by atoms with van der Waals surface area (Å²) in [7, 11) is 0. The lowest BCUT2D eigenvalue weighted by Gasteiger charge is -2.21. The molecule has 2 aromatic rings. The normalized spacial score (nSPS) is 12.4. The number of carbonyl (C=O) groups is 1. The number of carbonyl (C=O) groups excluding carboxylic acids is 1. The van der Waals surface area contributed by atoms with Crippen LogP contribution in [0.4, 0.5) is 5.69 Å². The van der Waals surface area contributed by atoms with Gasteiger partial charge >= 0.3 is 0 Å². The van der Waals surface area contributed by atoms with Crippen LogP contribution in [-0.2, 0) is 10.2 Å². The highest BCUT2D eigenvalue weighted by atomic mass is 79.9. The van der Waals surface area contributed by atoms with E-state index in [1.165, 1.54) is 5.56 Å². The summed E-state index contributed by atoms with van der Waals surface area (Å²) < 4.78 is 12.0. The minimum atomic E-state index is -0.623. The fourth-order valence-electron chi connectivity index (χ4n) is 2.36. The Hall–Kier alpha value is -2.01. The van der Waals surface area contributed by atoms with Crippen molar-refractivity contribution in [2.75, 3.05) is 11.9 Å². The van der Waals surface area contributed by atoms with Crippen molar-refractivity contribution in [2.24, 2.45) is 0 Å². The number of halogens is 1. The van der Waals surface area contributed by atoms with E-state index in [2.05, 4.69) is 42.0 Å². The van der Waals surface area contributed by atoms with Crippen LogP contribution < -0.4 is 14.8 Å². The zero-order valence-electron chi connectivity index (χ0n) is 15.9. The Labute approximate surface area is 164 Å². The van der Waals surface area contributed by atoms with Crippen molar-refractivity contribution in [1.82, 2.24) is 0 Å². The fourth-order valence-corrected chi connectivity index (χ4v) is 2.83. The van der Waals surface area contributed by atoms with Gasteiger partial charge in [0.25, 0.3) is 5.91 Å². The van der Waals surface area contributed by atoms with E-state index in [0.29, 0.717) is 12.4 Å². The van der Waals surface area contributed by atoms with Gasteiger partial charge in [-0.05, 0) is 77.2 Å². The third-order valence-corrected chi connectivity index (χ3v) is 4.57. The van der Waals surface area contributed by atoms with Gasteiger partial charge in [0.1, 0.15) is 11.5 Å². The van der Waals surface area contributed by atoms with E-state index in [1.54, 1.807) is 19.1 Å². The van der Waals surface area contributed by atoms with E-state index in [-0.39, 0.29) is 11.3 Å². The fraction of sp³-hybridized carbons (Fsp3) is 0.381. The van der Waals surface area contributed by atoms with Crippen LogP contribution in [-0.4, -0.2) is 18.6 Å². The van der Waals surface area contributed by atoms with Crippen LogP contribution >= 0.6 is 15.9 Å². The predicted molar refractivity (Wildman–Crippen MR) is 109 cm³/mol. The molecule has 1 unspecified atom stereocenters. The molecule has 0 aliphatic heterocycles. The maximum atomic E-state index is 12.4. The number of rotatable bonds is 6. The number of hydrogen-bond acceptors (Lipinski definition) is 3. The number of nitrogens with one attached hydrogen (secondary N) is 1. The standard InChI is InChI=1S/C21H26BrNO3/c1-6-25-16-8-10-17(11-9-16)26-14(2)20(24)23-19-12-7-15(13-18(19)22)21(3,4)5/h7-14H,6H2,1-5H3,(H,23,24). The minimum absolute atomic E-state index is 0.0507. The molecule has 0 radical (unpaired) electrons. The zero-order valence-corrected chi connectivity index (χ0v) is 17.5. The van der Waals surface area contributed by atoms with E-state index in [1.807, 2.05) is 37.3 Å². The summed E-state index contributed by atoms with van der Waals surface area (Å²) in [6, 6.07) is 13.2. The third kappa shape index (κ3) is 5.49. The molecular weight excluding hydrogens is 394 g/mol. The molecule has 0 heterocycles. The molecule has 0 aliphatic carbocycles. The molecular formula is C21H26BrNO3. The Morgan fingerprint density at radius 2 is 1.73 bits per heavy atom. The second kappa shape index (κ2) is 8.58. The molecule has 5 heteroatoms. The summed E-state index contributed by atoms with van der Waals surface area (Å²) in [6.45, 7) is 10.7. The van der Waals surface area contributed by atoms with Gasteiger partial charge in [0.15, 0.2) is 6.10 Å². The predicted octanol–water partition coefficient (Wildman–Crippen LogP) is 5.55. The van der Waals surface area contributed by atoms with Crippen LogP contribution in [0.5, 0.6) is 11.5 Å². The lowest BCUT2D eigenvalue weighted by Crippen LogP contribution is -2.30. The molecule has 140 valence electrons. The van der Waals surface area contributed by atoms with Crippen molar-refractivity contribution >= 4 is 27.5 Å². The van der Waals surface area contributed by atoms with Crippen molar-refractivity contribution in [1.29, 1.82) is 0 Å². The lowest BCUT2D eigenvalue weighted by molar-refractivity contribution is -0.122. The van der Waals surface area contributed by atoms with Gasteiger partial charge in [-0.15, -0.1) is 0 Å². The van der Waals surface area contributed by atoms with Crippen LogP contribution in [0.2, 0.25) is 0 Å². The molecule has 0 bridgehead atoms. The van der Waals surface area contributed by atoms with Crippen LogP contribution in [0.3, 0.4) is 0 Å². The van der Waals surface area contributed by atoms with Gasteiger partial charge in [-0.3, -0.25) is 4.79 Å². The van der Waals surface area contributed by atoms with Crippen LogP contribution in [0.1, 0.15) is 40.2 Å². The Morgan fingerprint density at radius 1 is 1.12 bits per heavy atom. The summed E-state index contributed by atoms with van der Waals surface area (Å²) >= 11 is 3.54. The van der Waals surface area contributed by atoms with Crippen molar-refractivity contribution in [2.45, 2.75) is 46.1 Å². The van der Waals surface area contributed by atoms with E-state index in [4.69, 9.17) is 9.47 Å². The second-order valence-corrected chi connectivity index (χ2v) is 7.95.